The molecule has 9 rings (SSSR count). The van der Waals surface area contributed by atoms with Crippen molar-refractivity contribution in [3.63, 3.8) is 0 Å². The highest BCUT2D eigenvalue weighted by atomic mass is 32.2. The number of sulfone groups is 3. The summed E-state index contributed by atoms with van der Waals surface area (Å²) in [5, 5.41) is 13.8. The number of carboxylic acids is 1. The van der Waals surface area contributed by atoms with Gasteiger partial charge in [-0.1, -0.05) is 91.0 Å². The van der Waals surface area contributed by atoms with Crippen LogP contribution in [0, 0.1) is 17.5 Å². The van der Waals surface area contributed by atoms with Crippen molar-refractivity contribution in [3.8, 4) is 0 Å². The molecule has 0 unspecified atom stereocenters. The molecule has 3 radical (unpaired) electrons. The van der Waals surface area contributed by atoms with Crippen LogP contribution in [-0.4, -0.2) is 57.2 Å². The molecule has 0 atom stereocenters. The number of aryl methyl sites for hydroxylation is 3. The summed E-state index contributed by atoms with van der Waals surface area (Å²) in [6.07, 6.45) is 2.81. The molecule has 0 aliphatic heterocycles. The lowest BCUT2D eigenvalue weighted by molar-refractivity contribution is -0.137. The maximum Gasteiger partial charge on any atom is 0.303 e. The van der Waals surface area contributed by atoms with Gasteiger partial charge in [0, 0.05) is 21.3 Å². The first-order chi connectivity index (χ1) is 35.3. The van der Waals surface area contributed by atoms with Crippen molar-refractivity contribution >= 4 is 82.1 Å². The number of hydrogen-bond donors (Lipinski definition) is 3. The van der Waals surface area contributed by atoms with Crippen LogP contribution in [0.1, 0.15) is 36.0 Å². The zero-order valence-electron chi connectivity index (χ0n) is 40.1. The van der Waals surface area contributed by atoms with E-state index >= 15 is 0 Å². The van der Waals surface area contributed by atoms with Crippen LogP contribution in [0.3, 0.4) is 0 Å². The first-order valence-corrected chi connectivity index (χ1v) is 27.5. The largest absolute Gasteiger partial charge is 0.481 e. The minimum Gasteiger partial charge on any atom is -0.481 e. The highest BCUT2D eigenvalue weighted by Crippen LogP contribution is 2.31. The molecule has 0 aliphatic rings. The van der Waals surface area contributed by atoms with Crippen molar-refractivity contribution in [2.75, 3.05) is 6.54 Å². The molecule has 0 saturated carbocycles. The van der Waals surface area contributed by atoms with Gasteiger partial charge in [0.15, 0.2) is 0 Å². The average molecular weight is 1070 g/mol. The molecule has 383 valence electrons. The van der Waals surface area contributed by atoms with Crippen molar-refractivity contribution < 1.29 is 53.1 Å². The number of carboxylic acid groups (broad SMARTS) is 1. The quantitative estimate of drug-likeness (QED) is 0.0828. The highest BCUT2D eigenvalue weighted by molar-refractivity contribution is 7.92. The fourth-order valence-electron chi connectivity index (χ4n) is 8.24. The predicted octanol–water partition coefficient (Wildman–Crippen LogP) is 10.4. The fraction of sp³-hybridized carbons (Fsp3) is 0.123. The molecule has 0 spiro atoms. The number of benzene rings is 9. The summed E-state index contributed by atoms with van der Waals surface area (Å²) in [7, 11) is -11.4. The molecule has 5 N–H and O–H groups in total. The van der Waals surface area contributed by atoms with E-state index in [9.17, 15) is 48.0 Å². The molecular formula is C57H49BF3N2O9S3. The molecule has 0 heterocycles. The lowest BCUT2D eigenvalue weighted by Gasteiger charge is -2.09. The SMILES string of the molecule is NC(=O)CCc1cccc2cc(S(=O)(=O)c3cccc(F)c3)ccc12.NCCCc1cccc2cc(S(=O)(=O)c3cccc(F)c3)ccc12.O=C(O)CCc1cccc2cc(S(=O)(=O)c3cccc(F)c3)ccc12.[B]. The number of amides is 1. The summed E-state index contributed by atoms with van der Waals surface area (Å²) < 4.78 is 116. The lowest BCUT2D eigenvalue weighted by atomic mass is 10.0. The number of fused-ring (bicyclic) bond motifs is 3. The molecule has 0 bridgehead atoms. The van der Waals surface area contributed by atoms with Gasteiger partial charge in [-0.25, -0.2) is 38.4 Å². The number of halogens is 3. The van der Waals surface area contributed by atoms with Crippen molar-refractivity contribution in [2.45, 2.75) is 67.9 Å². The van der Waals surface area contributed by atoms with E-state index in [1.165, 1.54) is 72.8 Å². The minimum atomic E-state index is -3.83. The van der Waals surface area contributed by atoms with E-state index in [4.69, 9.17) is 16.6 Å². The second kappa shape index (κ2) is 24.6. The molecule has 9 aromatic rings. The first-order valence-electron chi connectivity index (χ1n) is 23.0. The number of carbonyl (C=O) groups is 2. The third-order valence-electron chi connectivity index (χ3n) is 12.0. The van der Waals surface area contributed by atoms with Crippen LogP contribution in [0.15, 0.2) is 211 Å². The van der Waals surface area contributed by atoms with Gasteiger partial charge >= 0.3 is 5.97 Å². The van der Waals surface area contributed by atoms with E-state index in [1.54, 1.807) is 54.6 Å². The monoisotopic (exact) mass is 1070 g/mol. The smallest absolute Gasteiger partial charge is 0.303 e. The van der Waals surface area contributed by atoms with Crippen LogP contribution < -0.4 is 11.5 Å². The molecule has 0 aromatic heterocycles. The molecule has 0 saturated heterocycles. The van der Waals surface area contributed by atoms with E-state index in [0.29, 0.717) is 24.8 Å². The van der Waals surface area contributed by atoms with E-state index in [-0.39, 0.29) is 56.5 Å². The molecule has 1 amide bonds. The Morgan fingerprint density at radius 3 is 1.03 bits per heavy atom. The van der Waals surface area contributed by atoms with Crippen LogP contribution >= 0.6 is 0 Å². The van der Waals surface area contributed by atoms with Crippen molar-refractivity contribution in [1.82, 2.24) is 0 Å². The Morgan fingerprint density at radius 1 is 0.413 bits per heavy atom. The van der Waals surface area contributed by atoms with Crippen molar-refractivity contribution in [3.05, 3.63) is 216 Å². The summed E-state index contributed by atoms with van der Waals surface area (Å²) in [6.45, 7) is 0.614. The second-order valence-electron chi connectivity index (χ2n) is 17.0. The Hall–Kier alpha value is -7.64. The van der Waals surface area contributed by atoms with Crippen molar-refractivity contribution in [1.29, 1.82) is 0 Å². The highest BCUT2D eigenvalue weighted by Gasteiger charge is 2.22. The predicted molar refractivity (Wildman–Crippen MR) is 284 cm³/mol. The number of carbonyl (C=O) groups excluding carboxylic acids is 1. The third-order valence-corrected chi connectivity index (χ3v) is 17.2. The normalized spacial score (nSPS) is 11.5. The van der Waals surface area contributed by atoms with Gasteiger partial charge in [-0.3, -0.25) is 9.59 Å². The molecular weight excluding hydrogens is 1020 g/mol. The van der Waals surface area contributed by atoms with Gasteiger partial charge in [-0.05, 0) is 172 Å². The summed E-state index contributed by atoms with van der Waals surface area (Å²) in [6, 6.07) is 46.0. The Bertz CT molecular complexity index is 3740. The topological polar surface area (TPSA) is 209 Å². The maximum atomic E-state index is 13.4. The van der Waals surface area contributed by atoms with Gasteiger partial charge in [0.05, 0.1) is 29.4 Å². The summed E-state index contributed by atoms with van der Waals surface area (Å²) in [5.41, 5.74) is 13.7. The average Bonchev–Trinajstić information content (AvgIpc) is 3.38. The summed E-state index contributed by atoms with van der Waals surface area (Å²) in [5.74, 6) is -3.06. The van der Waals surface area contributed by atoms with Gasteiger partial charge in [-0.2, -0.15) is 0 Å². The fourth-order valence-corrected chi connectivity index (χ4v) is 12.2. The van der Waals surface area contributed by atoms with Gasteiger partial charge in [0.1, 0.15) is 17.5 Å². The lowest BCUT2D eigenvalue weighted by Crippen LogP contribution is -2.11. The molecule has 0 aliphatic carbocycles. The molecule has 9 aromatic carbocycles. The van der Waals surface area contributed by atoms with Crippen LogP contribution in [0.25, 0.3) is 32.3 Å². The number of primary amides is 1. The summed E-state index contributed by atoms with van der Waals surface area (Å²) >= 11 is 0. The van der Waals surface area contributed by atoms with Crippen LogP contribution in [0.5, 0.6) is 0 Å². The maximum absolute atomic E-state index is 13.4. The molecule has 18 heteroatoms. The standard InChI is InChI=1S/C19H16FNO3S.C19H18FNO2S.C19H15FO4S.B/c20-15-5-2-6-16(12-15)25(23,24)17-8-9-18-13(7-10-19(21)22)3-1-4-14(18)11-17;20-16-7-2-8-17(13-16)24(22,23)18-9-10-19-14(6-3-11-21)4-1-5-15(19)12-18;20-15-5-2-6-16(12-15)25(23,24)17-8-9-18-13(7-10-19(21)22)3-1-4-14(18)11-17;/h1-6,8-9,11-12H,7,10H2,(H2,21,22);1-2,4-5,7-10,12-13H,3,6,11,21H2;1-6,8-9,11-12H,7,10H2,(H,21,22);. The minimum absolute atomic E-state index is 0. The Labute approximate surface area is 435 Å². The van der Waals surface area contributed by atoms with Gasteiger partial charge in [0.25, 0.3) is 0 Å². The van der Waals surface area contributed by atoms with Gasteiger partial charge in [0.2, 0.25) is 35.4 Å². The van der Waals surface area contributed by atoms with Crippen LogP contribution in [0.4, 0.5) is 13.2 Å². The zero-order valence-corrected chi connectivity index (χ0v) is 42.5. The number of hydrogen-bond acceptors (Lipinski definition) is 9. The van der Waals surface area contributed by atoms with Crippen molar-refractivity contribution in [2.24, 2.45) is 11.5 Å². The van der Waals surface area contributed by atoms with Crippen LogP contribution in [-0.2, 0) is 58.4 Å². The Kier molecular flexibility index (Phi) is 18.6. The van der Waals surface area contributed by atoms with E-state index in [0.717, 1.165) is 74.7 Å². The Balaban J connectivity index is 0.000000182. The Morgan fingerprint density at radius 2 is 0.720 bits per heavy atom. The van der Waals surface area contributed by atoms with E-state index in [2.05, 4.69) is 0 Å². The summed E-state index contributed by atoms with van der Waals surface area (Å²) in [4.78, 5) is 21.9. The zero-order chi connectivity index (χ0) is 53.2. The number of aliphatic carboxylic acids is 1. The number of nitrogens with two attached hydrogens (primary N) is 2. The van der Waals surface area contributed by atoms with Crippen LogP contribution in [0.2, 0.25) is 0 Å². The molecule has 11 nitrogen and oxygen atoms in total. The van der Waals surface area contributed by atoms with E-state index in [1.807, 2.05) is 36.4 Å². The van der Waals surface area contributed by atoms with Gasteiger partial charge < -0.3 is 16.6 Å². The number of rotatable bonds is 15. The molecule has 75 heavy (non-hydrogen) atoms. The second-order valence-corrected chi connectivity index (χ2v) is 22.9. The first kappa shape index (κ1) is 56.7. The molecule has 0 fully saturated rings. The van der Waals surface area contributed by atoms with Gasteiger partial charge in [-0.15, -0.1) is 0 Å². The van der Waals surface area contributed by atoms with E-state index < -0.39 is 52.9 Å². The third kappa shape index (κ3) is 13.8.